The molecule has 0 aromatic heterocycles. The van der Waals surface area contributed by atoms with Crippen LogP contribution in [0.5, 0.6) is 0 Å². The van der Waals surface area contributed by atoms with E-state index in [0.717, 1.165) is 12.0 Å². The second-order valence-corrected chi connectivity index (χ2v) is 3.88. The van der Waals surface area contributed by atoms with E-state index in [9.17, 15) is 4.79 Å². The summed E-state index contributed by atoms with van der Waals surface area (Å²) in [5.41, 5.74) is 2.05. The highest BCUT2D eigenvalue weighted by Gasteiger charge is 2.17. The fraction of sp³-hybridized carbons (Fsp3) is 0.214. The Morgan fingerprint density at radius 1 is 1.27 bits per heavy atom. The maximum atomic E-state index is 12.0. The minimum Gasteiger partial charge on any atom is -0.294 e. The summed E-state index contributed by atoms with van der Waals surface area (Å²) in [6.45, 7) is 2.06. The van der Waals surface area contributed by atoms with E-state index in [1.807, 2.05) is 42.5 Å². The predicted molar refractivity (Wildman–Crippen MR) is 61.8 cm³/mol. The molecule has 1 nitrogen and oxygen atoms in total. The van der Waals surface area contributed by atoms with Gasteiger partial charge in [-0.1, -0.05) is 54.1 Å². The molecule has 0 amide bonds. The average Bonchev–Trinajstić information content (AvgIpc) is 2.30. The lowest BCUT2D eigenvalue weighted by atomic mass is 9.90. The van der Waals surface area contributed by atoms with Crippen LogP contribution in [-0.2, 0) is 0 Å². The van der Waals surface area contributed by atoms with Crippen molar-refractivity contribution in [3.63, 3.8) is 0 Å². The van der Waals surface area contributed by atoms with Crippen LogP contribution >= 0.6 is 0 Å². The van der Waals surface area contributed by atoms with E-state index >= 15 is 0 Å². The number of carbonyl (C=O) groups excluding carboxylic acids is 1. The Balaban J connectivity index is 2.14. The van der Waals surface area contributed by atoms with Crippen LogP contribution in [-0.4, -0.2) is 5.78 Å². The van der Waals surface area contributed by atoms with Gasteiger partial charge in [-0.05, 0) is 13.3 Å². The highest BCUT2D eigenvalue weighted by atomic mass is 16.1. The van der Waals surface area contributed by atoms with Crippen molar-refractivity contribution in [3.05, 3.63) is 59.7 Å². The van der Waals surface area contributed by atoms with Gasteiger partial charge in [0.05, 0.1) is 0 Å². The Labute approximate surface area is 90.1 Å². The Hall–Kier alpha value is -1.63. The molecule has 0 bridgehead atoms. The number of allylic oxidation sites excluding steroid dienone is 4. The van der Waals surface area contributed by atoms with E-state index < -0.39 is 0 Å². The van der Waals surface area contributed by atoms with Gasteiger partial charge in [-0.3, -0.25) is 4.79 Å². The van der Waals surface area contributed by atoms with Crippen molar-refractivity contribution in [2.24, 2.45) is 5.92 Å². The SMILES string of the molecule is CC1=CCC(C(=O)c2ccccc2)C=C1. The first-order valence-electron chi connectivity index (χ1n) is 5.21. The van der Waals surface area contributed by atoms with E-state index in [4.69, 9.17) is 0 Å². The van der Waals surface area contributed by atoms with Crippen LogP contribution in [0.3, 0.4) is 0 Å². The van der Waals surface area contributed by atoms with E-state index in [1.54, 1.807) is 0 Å². The van der Waals surface area contributed by atoms with Gasteiger partial charge in [0.2, 0.25) is 0 Å². The van der Waals surface area contributed by atoms with E-state index in [1.165, 1.54) is 5.57 Å². The number of Topliss-reactive ketones (excluding diaryl/α,β-unsaturated/α-hetero) is 1. The van der Waals surface area contributed by atoms with Gasteiger partial charge >= 0.3 is 0 Å². The lowest BCUT2D eigenvalue weighted by Gasteiger charge is -2.13. The van der Waals surface area contributed by atoms with Crippen LogP contribution in [0.2, 0.25) is 0 Å². The molecule has 0 saturated carbocycles. The van der Waals surface area contributed by atoms with Gasteiger partial charge in [-0.2, -0.15) is 0 Å². The third kappa shape index (κ3) is 2.24. The molecule has 0 fully saturated rings. The standard InChI is InChI=1S/C14H14O/c1-11-7-9-13(10-8-11)14(15)12-5-3-2-4-6-12/h2-9,13H,10H2,1H3. The molecular weight excluding hydrogens is 184 g/mol. The Bertz CT molecular complexity index is 412. The highest BCUT2D eigenvalue weighted by molar-refractivity contribution is 5.99. The minimum atomic E-state index is 0.0242. The smallest absolute Gasteiger partial charge is 0.170 e. The Kier molecular flexibility index (Phi) is 2.82. The summed E-state index contributed by atoms with van der Waals surface area (Å²) >= 11 is 0. The normalized spacial score (nSPS) is 19.8. The molecule has 1 heteroatoms. The van der Waals surface area contributed by atoms with E-state index in [0.29, 0.717) is 0 Å². The second-order valence-electron chi connectivity index (χ2n) is 3.88. The van der Waals surface area contributed by atoms with Gasteiger partial charge in [-0.15, -0.1) is 0 Å². The highest BCUT2D eigenvalue weighted by Crippen LogP contribution is 2.20. The van der Waals surface area contributed by atoms with E-state index in [-0.39, 0.29) is 11.7 Å². The van der Waals surface area contributed by atoms with Crippen LogP contribution in [0.15, 0.2) is 54.1 Å². The fourth-order valence-electron chi connectivity index (χ4n) is 1.74. The molecule has 1 aromatic rings. The van der Waals surface area contributed by atoms with Crippen molar-refractivity contribution < 1.29 is 4.79 Å². The van der Waals surface area contributed by atoms with Crippen LogP contribution in [0, 0.1) is 5.92 Å². The van der Waals surface area contributed by atoms with Gasteiger partial charge < -0.3 is 0 Å². The van der Waals surface area contributed by atoms with Crippen molar-refractivity contribution in [1.29, 1.82) is 0 Å². The first-order chi connectivity index (χ1) is 7.27. The topological polar surface area (TPSA) is 17.1 Å². The third-order valence-electron chi connectivity index (χ3n) is 2.68. The molecule has 1 unspecified atom stereocenters. The van der Waals surface area contributed by atoms with Crippen LogP contribution in [0.4, 0.5) is 0 Å². The number of hydrogen-bond donors (Lipinski definition) is 0. The largest absolute Gasteiger partial charge is 0.294 e. The lowest BCUT2D eigenvalue weighted by molar-refractivity contribution is 0.0945. The Morgan fingerprint density at radius 3 is 2.60 bits per heavy atom. The number of hydrogen-bond acceptors (Lipinski definition) is 1. The summed E-state index contributed by atoms with van der Waals surface area (Å²) in [6, 6.07) is 9.49. The van der Waals surface area contributed by atoms with Crippen LogP contribution in [0.25, 0.3) is 0 Å². The summed E-state index contributed by atoms with van der Waals surface area (Å²) < 4.78 is 0. The maximum Gasteiger partial charge on any atom is 0.170 e. The quantitative estimate of drug-likeness (QED) is 0.666. The zero-order chi connectivity index (χ0) is 10.7. The van der Waals surface area contributed by atoms with Crippen LogP contribution < -0.4 is 0 Å². The second kappa shape index (κ2) is 4.26. The van der Waals surface area contributed by atoms with Crippen molar-refractivity contribution in [3.8, 4) is 0 Å². The van der Waals surface area contributed by atoms with Gasteiger partial charge in [0.15, 0.2) is 5.78 Å². The molecule has 0 spiro atoms. The summed E-state index contributed by atoms with van der Waals surface area (Å²) in [5, 5.41) is 0. The molecule has 0 heterocycles. The maximum absolute atomic E-state index is 12.0. The minimum absolute atomic E-state index is 0.0242. The zero-order valence-corrected chi connectivity index (χ0v) is 8.81. The molecule has 2 rings (SSSR count). The molecule has 1 aliphatic rings. The van der Waals surface area contributed by atoms with Crippen molar-refractivity contribution >= 4 is 5.78 Å². The molecule has 76 valence electrons. The van der Waals surface area contributed by atoms with Gasteiger partial charge in [0, 0.05) is 11.5 Å². The molecule has 0 aliphatic heterocycles. The lowest BCUT2D eigenvalue weighted by Crippen LogP contribution is -2.13. The summed E-state index contributed by atoms with van der Waals surface area (Å²) in [5.74, 6) is 0.242. The fourth-order valence-corrected chi connectivity index (χ4v) is 1.74. The van der Waals surface area contributed by atoms with Crippen molar-refractivity contribution in [1.82, 2.24) is 0 Å². The van der Waals surface area contributed by atoms with E-state index in [2.05, 4.69) is 13.0 Å². The monoisotopic (exact) mass is 198 g/mol. The molecule has 0 N–H and O–H groups in total. The van der Waals surface area contributed by atoms with Gasteiger partial charge in [0.1, 0.15) is 0 Å². The molecule has 1 aliphatic carbocycles. The van der Waals surface area contributed by atoms with Crippen LogP contribution in [0.1, 0.15) is 23.7 Å². The molecule has 0 saturated heterocycles. The summed E-state index contributed by atoms with van der Waals surface area (Å²) in [7, 11) is 0. The molecule has 15 heavy (non-hydrogen) atoms. The first kappa shape index (κ1) is 9.91. The number of rotatable bonds is 2. The van der Waals surface area contributed by atoms with Crippen molar-refractivity contribution in [2.75, 3.05) is 0 Å². The number of carbonyl (C=O) groups is 1. The zero-order valence-electron chi connectivity index (χ0n) is 8.81. The first-order valence-corrected chi connectivity index (χ1v) is 5.21. The van der Waals surface area contributed by atoms with Gasteiger partial charge in [-0.25, -0.2) is 0 Å². The molecule has 0 radical (unpaired) electrons. The van der Waals surface area contributed by atoms with Crippen molar-refractivity contribution in [2.45, 2.75) is 13.3 Å². The summed E-state index contributed by atoms with van der Waals surface area (Å²) in [4.78, 5) is 12.0. The molecular formula is C14H14O. The molecule has 1 atom stereocenters. The predicted octanol–water partition coefficient (Wildman–Crippen LogP) is 3.39. The Morgan fingerprint density at radius 2 is 2.00 bits per heavy atom. The third-order valence-corrected chi connectivity index (χ3v) is 2.68. The average molecular weight is 198 g/mol. The van der Waals surface area contributed by atoms with Gasteiger partial charge in [0.25, 0.3) is 0 Å². The number of benzene rings is 1. The molecule has 1 aromatic carbocycles. The summed E-state index contributed by atoms with van der Waals surface area (Å²) in [6.07, 6.45) is 6.97. The number of ketones is 1.